The number of aryl methyl sites for hydroxylation is 1. The van der Waals surface area contributed by atoms with Gasteiger partial charge in [0.1, 0.15) is 5.65 Å². The summed E-state index contributed by atoms with van der Waals surface area (Å²) < 4.78 is 1.80. The summed E-state index contributed by atoms with van der Waals surface area (Å²) in [4.78, 5) is 30.1. The number of benzene rings is 2. The van der Waals surface area contributed by atoms with Crippen LogP contribution in [0.1, 0.15) is 11.1 Å². The Kier molecular flexibility index (Phi) is 3.44. The molecule has 0 spiro atoms. The molecule has 28 heavy (non-hydrogen) atoms. The topological polar surface area (TPSA) is 75.4 Å². The number of fused-ring (bicyclic) bond motifs is 2. The zero-order valence-corrected chi connectivity index (χ0v) is 15.0. The normalized spacial score (nSPS) is 14.7. The highest BCUT2D eigenvalue weighted by atomic mass is 16.5. The highest BCUT2D eigenvalue weighted by Crippen LogP contribution is 2.40. The molecule has 2 aromatic carbocycles. The summed E-state index contributed by atoms with van der Waals surface area (Å²) in [6.07, 6.45) is 3.44. The Balaban J connectivity index is 1.90. The zero-order chi connectivity index (χ0) is 19.4. The first-order valence-corrected chi connectivity index (χ1v) is 8.78. The van der Waals surface area contributed by atoms with Crippen LogP contribution < -0.4 is 0 Å². The second-order valence-corrected chi connectivity index (χ2v) is 6.73. The number of rotatable bonds is 2. The van der Waals surface area contributed by atoms with Crippen molar-refractivity contribution in [2.75, 3.05) is 0 Å². The highest BCUT2D eigenvalue weighted by molar-refractivity contribution is 6.50. The molecule has 1 aliphatic heterocycles. The summed E-state index contributed by atoms with van der Waals surface area (Å²) in [6, 6.07) is 16.8. The SMILES string of the molecule is Cn1cc(C2=C(c3cccc4ccccc34)C(=O)N(O)C2=O)c2cccnc21. The number of carbonyl (C=O) groups excluding carboxylic acids is 2. The lowest BCUT2D eigenvalue weighted by atomic mass is 9.93. The van der Waals surface area contributed by atoms with Gasteiger partial charge in [-0.3, -0.25) is 14.8 Å². The molecule has 0 atom stereocenters. The first-order valence-electron chi connectivity index (χ1n) is 8.78. The monoisotopic (exact) mass is 369 g/mol. The van der Waals surface area contributed by atoms with Gasteiger partial charge in [-0.1, -0.05) is 42.5 Å². The third-order valence-electron chi connectivity index (χ3n) is 5.12. The molecule has 1 aliphatic rings. The van der Waals surface area contributed by atoms with Crippen LogP contribution in [-0.4, -0.2) is 31.6 Å². The van der Waals surface area contributed by atoms with Crippen LogP contribution in [0, 0.1) is 0 Å². The first-order chi connectivity index (χ1) is 13.6. The summed E-state index contributed by atoms with van der Waals surface area (Å²) in [5, 5.41) is 12.9. The number of pyridine rings is 1. The molecule has 2 amide bonds. The largest absolute Gasteiger partial charge is 0.335 e. The number of aromatic nitrogens is 2. The van der Waals surface area contributed by atoms with Crippen molar-refractivity contribution in [1.29, 1.82) is 0 Å². The molecule has 2 aromatic heterocycles. The van der Waals surface area contributed by atoms with Gasteiger partial charge >= 0.3 is 0 Å². The van der Waals surface area contributed by atoms with E-state index in [0.717, 1.165) is 16.2 Å². The van der Waals surface area contributed by atoms with Crippen molar-refractivity contribution in [3.05, 3.63) is 78.1 Å². The highest BCUT2D eigenvalue weighted by Gasteiger charge is 2.40. The van der Waals surface area contributed by atoms with Crippen LogP contribution in [0.25, 0.3) is 33.0 Å². The molecule has 0 aliphatic carbocycles. The Labute approximate surface area is 159 Å². The summed E-state index contributed by atoms with van der Waals surface area (Å²) >= 11 is 0. The van der Waals surface area contributed by atoms with Crippen molar-refractivity contribution >= 4 is 44.8 Å². The number of hydrogen-bond acceptors (Lipinski definition) is 4. The number of nitrogens with zero attached hydrogens (tertiary/aromatic N) is 3. The van der Waals surface area contributed by atoms with Gasteiger partial charge in [0, 0.05) is 30.4 Å². The summed E-state index contributed by atoms with van der Waals surface area (Å²) in [5.41, 5.74) is 2.26. The molecule has 0 bridgehead atoms. The molecule has 4 aromatic rings. The maximum Gasteiger partial charge on any atom is 0.286 e. The van der Waals surface area contributed by atoms with Gasteiger partial charge in [0.25, 0.3) is 11.8 Å². The van der Waals surface area contributed by atoms with E-state index in [0.29, 0.717) is 16.8 Å². The standard InChI is InChI=1S/C22H15N3O3/c1-24-12-17(16-10-5-11-23-20(16)24)19-18(21(26)25(28)22(19)27)15-9-4-7-13-6-2-3-8-14(13)15/h2-12,28H,1H3. The molecule has 0 fully saturated rings. The van der Waals surface area contributed by atoms with Crippen LogP contribution in [0.2, 0.25) is 0 Å². The number of imide groups is 1. The second kappa shape index (κ2) is 5.87. The van der Waals surface area contributed by atoms with E-state index in [4.69, 9.17) is 0 Å². The van der Waals surface area contributed by atoms with Crippen molar-refractivity contribution in [2.45, 2.75) is 0 Å². The van der Waals surface area contributed by atoms with E-state index in [1.807, 2.05) is 49.5 Å². The third-order valence-corrected chi connectivity index (χ3v) is 5.12. The minimum atomic E-state index is -0.732. The Morgan fingerprint density at radius 1 is 0.821 bits per heavy atom. The van der Waals surface area contributed by atoms with Crippen molar-refractivity contribution in [1.82, 2.24) is 14.6 Å². The lowest BCUT2D eigenvalue weighted by molar-refractivity contribution is -0.168. The summed E-state index contributed by atoms with van der Waals surface area (Å²) in [7, 11) is 1.83. The van der Waals surface area contributed by atoms with Crippen LogP contribution in [0.3, 0.4) is 0 Å². The Hall–Kier alpha value is -3.77. The summed E-state index contributed by atoms with van der Waals surface area (Å²) in [6.45, 7) is 0. The van der Waals surface area contributed by atoms with E-state index < -0.39 is 11.8 Å². The zero-order valence-electron chi connectivity index (χ0n) is 15.0. The molecule has 6 heteroatoms. The van der Waals surface area contributed by atoms with Gasteiger partial charge < -0.3 is 4.57 Å². The van der Waals surface area contributed by atoms with Gasteiger partial charge in [0.15, 0.2) is 0 Å². The molecular formula is C22H15N3O3. The number of hydroxylamine groups is 2. The van der Waals surface area contributed by atoms with Gasteiger partial charge in [-0.05, 0) is 28.5 Å². The molecule has 3 heterocycles. The second-order valence-electron chi connectivity index (χ2n) is 6.73. The fourth-order valence-electron chi connectivity index (χ4n) is 3.87. The van der Waals surface area contributed by atoms with Gasteiger partial charge in [0.05, 0.1) is 11.1 Å². The lowest BCUT2D eigenvalue weighted by Gasteiger charge is -2.08. The van der Waals surface area contributed by atoms with Crippen LogP contribution in [0.15, 0.2) is 67.0 Å². The first kappa shape index (κ1) is 16.4. The van der Waals surface area contributed by atoms with E-state index in [-0.39, 0.29) is 16.2 Å². The van der Waals surface area contributed by atoms with Gasteiger partial charge in [0.2, 0.25) is 0 Å². The van der Waals surface area contributed by atoms with Crippen molar-refractivity contribution in [3.8, 4) is 0 Å². The quantitative estimate of drug-likeness (QED) is 0.434. The number of carbonyl (C=O) groups is 2. The van der Waals surface area contributed by atoms with Gasteiger partial charge in [-0.2, -0.15) is 0 Å². The van der Waals surface area contributed by atoms with Crippen molar-refractivity contribution in [3.63, 3.8) is 0 Å². The minimum Gasteiger partial charge on any atom is -0.335 e. The third kappa shape index (κ3) is 2.15. The molecule has 136 valence electrons. The molecule has 6 nitrogen and oxygen atoms in total. The van der Waals surface area contributed by atoms with E-state index in [1.165, 1.54) is 0 Å². The number of amides is 2. The van der Waals surface area contributed by atoms with Crippen LogP contribution in [0.4, 0.5) is 0 Å². The Bertz CT molecular complexity index is 1330. The van der Waals surface area contributed by atoms with E-state index in [2.05, 4.69) is 4.98 Å². The van der Waals surface area contributed by atoms with Crippen molar-refractivity contribution in [2.24, 2.45) is 7.05 Å². The van der Waals surface area contributed by atoms with E-state index in [9.17, 15) is 14.8 Å². The predicted octanol–water partition coefficient (Wildman–Crippen LogP) is 3.40. The van der Waals surface area contributed by atoms with Crippen LogP contribution in [-0.2, 0) is 16.6 Å². The molecule has 0 saturated heterocycles. The minimum absolute atomic E-state index is 0.183. The Morgan fingerprint density at radius 3 is 2.32 bits per heavy atom. The average Bonchev–Trinajstić information content (AvgIpc) is 3.17. The van der Waals surface area contributed by atoms with E-state index in [1.54, 1.807) is 29.1 Å². The molecule has 5 rings (SSSR count). The predicted molar refractivity (Wildman–Crippen MR) is 105 cm³/mol. The molecule has 1 N–H and O–H groups in total. The fourth-order valence-corrected chi connectivity index (χ4v) is 3.87. The lowest BCUT2D eigenvalue weighted by Crippen LogP contribution is -2.27. The van der Waals surface area contributed by atoms with E-state index >= 15 is 0 Å². The van der Waals surface area contributed by atoms with Gasteiger partial charge in [-0.25, -0.2) is 4.98 Å². The molecule has 0 unspecified atom stereocenters. The summed E-state index contributed by atoms with van der Waals surface area (Å²) in [5.74, 6) is -1.46. The fraction of sp³-hybridized carbons (Fsp3) is 0.0455. The number of hydrogen-bond donors (Lipinski definition) is 1. The van der Waals surface area contributed by atoms with Crippen LogP contribution >= 0.6 is 0 Å². The average molecular weight is 369 g/mol. The molecule has 0 saturated carbocycles. The maximum atomic E-state index is 12.9. The maximum absolute atomic E-state index is 12.9. The molecular weight excluding hydrogens is 354 g/mol. The Morgan fingerprint density at radius 2 is 1.50 bits per heavy atom. The van der Waals surface area contributed by atoms with Crippen molar-refractivity contribution < 1.29 is 14.8 Å². The van der Waals surface area contributed by atoms with Crippen LogP contribution in [0.5, 0.6) is 0 Å². The molecule has 0 radical (unpaired) electrons. The van der Waals surface area contributed by atoms with Gasteiger partial charge in [-0.15, -0.1) is 5.06 Å². The smallest absolute Gasteiger partial charge is 0.286 e.